The molecule has 3 N–H and O–H groups in total. The highest BCUT2D eigenvalue weighted by molar-refractivity contribution is 5.89. The van der Waals surface area contributed by atoms with E-state index in [2.05, 4.69) is 5.32 Å². The molecule has 5 heteroatoms. The number of carbonyl (C=O) groups is 2. The monoisotopic (exact) mass is 132 g/mol. The van der Waals surface area contributed by atoms with Crippen LogP contribution in [0.5, 0.6) is 0 Å². The van der Waals surface area contributed by atoms with Crippen molar-refractivity contribution in [1.29, 1.82) is 0 Å². The SMILES string of the molecule is CCNC(=O)NC(=O)O. The Bertz CT molecular complexity index is 123. The first-order chi connectivity index (χ1) is 4.16. The van der Waals surface area contributed by atoms with Gasteiger partial charge in [-0.15, -0.1) is 0 Å². The van der Waals surface area contributed by atoms with Gasteiger partial charge in [0.2, 0.25) is 0 Å². The first-order valence-electron chi connectivity index (χ1n) is 2.44. The summed E-state index contributed by atoms with van der Waals surface area (Å²) in [4.78, 5) is 20.0. The number of urea groups is 1. The average Bonchev–Trinajstić information content (AvgIpc) is 1.63. The van der Waals surface area contributed by atoms with Crippen molar-refractivity contribution in [2.24, 2.45) is 0 Å². The van der Waals surface area contributed by atoms with E-state index in [9.17, 15) is 9.59 Å². The van der Waals surface area contributed by atoms with Crippen LogP contribution in [0.15, 0.2) is 0 Å². The maximum Gasteiger partial charge on any atom is 0.412 e. The van der Waals surface area contributed by atoms with Crippen LogP contribution in [0.2, 0.25) is 0 Å². The number of rotatable bonds is 1. The van der Waals surface area contributed by atoms with Gasteiger partial charge < -0.3 is 10.4 Å². The molecule has 52 valence electrons. The fourth-order valence-electron chi connectivity index (χ4n) is 0.302. The molecule has 5 nitrogen and oxygen atoms in total. The van der Waals surface area contributed by atoms with E-state index in [1.54, 1.807) is 12.2 Å². The Balaban J connectivity index is 3.39. The van der Waals surface area contributed by atoms with Crippen molar-refractivity contribution in [2.75, 3.05) is 6.54 Å². The highest BCUT2D eigenvalue weighted by Gasteiger charge is 2.00. The van der Waals surface area contributed by atoms with E-state index in [0.717, 1.165) is 0 Å². The zero-order valence-electron chi connectivity index (χ0n) is 4.97. The van der Waals surface area contributed by atoms with Crippen LogP contribution in [0, 0.1) is 0 Å². The maximum atomic E-state index is 10.3. The molecule has 0 aliphatic heterocycles. The van der Waals surface area contributed by atoms with Gasteiger partial charge in [0, 0.05) is 6.54 Å². The molecule has 0 aromatic rings. The van der Waals surface area contributed by atoms with Gasteiger partial charge in [-0.3, -0.25) is 0 Å². The van der Waals surface area contributed by atoms with Crippen LogP contribution in [0.3, 0.4) is 0 Å². The highest BCUT2D eigenvalue weighted by Crippen LogP contribution is 1.63. The second-order valence-electron chi connectivity index (χ2n) is 1.29. The molecule has 0 heterocycles. The lowest BCUT2D eigenvalue weighted by Crippen LogP contribution is -2.38. The van der Waals surface area contributed by atoms with Gasteiger partial charge in [-0.25, -0.2) is 14.9 Å². The number of imide groups is 1. The molecule has 0 aromatic carbocycles. The summed E-state index contributed by atoms with van der Waals surface area (Å²) < 4.78 is 0. The number of carbonyl (C=O) groups excluding carboxylic acids is 1. The number of carboxylic acid groups (broad SMARTS) is 1. The Morgan fingerprint density at radius 2 is 2.11 bits per heavy atom. The van der Waals surface area contributed by atoms with Crippen LogP contribution in [0.4, 0.5) is 9.59 Å². The fourth-order valence-corrected chi connectivity index (χ4v) is 0.302. The summed E-state index contributed by atoms with van der Waals surface area (Å²) in [5, 5.41) is 11.8. The molecule has 9 heavy (non-hydrogen) atoms. The van der Waals surface area contributed by atoms with Crippen LogP contribution in [0.25, 0.3) is 0 Å². The van der Waals surface area contributed by atoms with Crippen molar-refractivity contribution in [2.45, 2.75) is 6.92 Å². The largest absolute Gasteiger partial charge is 0.465 e. The first-order valence-corrected chi connectivity index (χ1v) is 2.44. The second kappa shape index (κ2) is 3.71. The minimum Gasteiger partial charge on any atom is -0.465 e. The molecular weight excluding hydrogens is 124 g/mol. The molecule has 0 atom stereocenters. The lowest BCUT2D eigenvalue weighted by Gasteiger charge is -1.97. The topological polar surface area (TPSA) is 78.4 Å². The molecule has 0 fully saturated rings. The summed E-state index contributed by atoms with van der Waals surface area (Å²) in [7, 11) is 0. The average molecular weight is 132 g/mol. The molecular formula is C4H8N2O3. The zero-order valence-corrected chi connectivity index (χ0v) is 4.97. The van der Waals surface area contributed by atoms with Crippen molar-refractivity contribution in [3.8, 4) is 0 Å². The van der Waals surface area contributed by atoms with Crippen molar-refractivity contribution < 1.29 is 14.7 Å². The molecule has 0 aromatic heterocycles. The van der Waals surface area contributed by atoms with Crippen molar-refractivity contribution in [3.63, 3.8) is 0 Å². The van der Waals surface area contributed by atoms with Gasteiger partial charge in [0.15, 0.2) is 0 Å². The number of hydrogen-bond donors (Lipinski definition) is 3. The molecule has 0 spiro atoms. The van der Waals surface area contributed by atoms with Crippen LogP contribution < -0.4 is 10.6 Å². The third-order valence-corrected chi connectivity index (χ3v) is 0.558. The number of nitrogens with one attached hydrogen (secondary N) is 2. The molecule has 0 aliphatic carbocycles. The van der Waals surface area contributed by atoms with Crippen LogP contribution >= 0.6 is 0 Å². The highest BCUT2D eigenvalue weighted by atomic mass is 16.4. The summed E-state index contributed by atoms with van der Waals surface area (Å²) >= 11 is 0. The van der Waals surface area contributed by atoms with E-state index in [1.807, 2.05) is 0 Å². The quantitative estimate of drug-likeness (QED) is 0.469. The van der Waals surface area contributed by atoms with Gasteiger partial charge in [-0.05, 0) is 6.92 Å². The summed E-state index contributed by atoms with van der Waals surface area (Å²) in [5.41, 5.74) is 0. The Morgan fingerprint density at radius 3 is 2.44 bits per heavy atom. The summed E-state index contributed by atoms with van der Waals surface area (Å²) in [6.07, 6.45) is -1.35. The third-order valence-electron chi connectivity index (χ3n) is 0.558. The van der Waals surface area contributed by atoms with Gasteiger partial charge in [0.1, 0.15) is 0 Å². The van der Waals surface area contributed by atoms with Crippen LogP contribution in [0.1, 0.15) is 6.92 Å². The van der Waals surface area contributed by atoms with E-state index in [0.29, 0.717) is 6.54 Å². The van der Waals surface area contributed by atoms with E-state index in [1.165, 1.54) is 0 Å². The standard InChI is InChI=1S/C4H8N2O3/c1-2-5-3(7)6-4(8)9/h2H2,1H3,(H,8,9)(H2,5,6,7). The van der Waals surface area contributed by atoms with E-state index in [4.69, 9.17) is 5.11 Å². The Morgan fingerprint density at radius 1 is 1.56 bits per heavy atom. The smallest absolute Gasteiger partial charge is 0.412 e. The molecule has 0 bridgehead atoms. The molecule has 0 radical (unpaired) electrons. The second-order valence-corrected chi connectivity index (χ2v) is 1.29. The maximum absolute atomic E-state index is 10.3. The third kappa shape index (κ3) is 4.60. The Hall–Kier alpha value is -1.26. The van der Waals surface area contributed by atoms with E-state index >= 15 is 0 Å². The lowest BCUT2D eigenvalue weighted by molar-refractivity contribution is 0.192. The Kier molecular flexibility index (Phi) is 3.19. The summed E-state index contributed by atoms with van der Waals surface area (Å²) in [5.74, 6) is 0. The van der Waals surface area contributed by atoms with Crippen LogP contribution in [-0.2, 0) is 0 Å². The van der Waals surface area contributed by atoms with Gasteiger partial charge in [-0.1, -0.05) is 0 Å². The van der Waals surface area contributed by atoms with Gasteiger partial charge >= 0.3 is 12.1 Å². The molecule has 0 unspecified atom stereocenters. The molecule has 3 amide bonds. The molecule has 0 saturated heterocycles. The lowest BCUT2D eigenvalue weighted by atomic mass is 10.7. The minimum absolute atomic E-state index is 0.416. The molecule has 0 saturated carbocycles. The number of amides is 3. The Labute approximate surface area is 52.1 Å². The van der Waals surface area contributed by atoms with Crippen molar-refractivity contribution in [1.82, 2.24) is 10.6 Å². The van der Waals surface area contributed by atoms with Gasteiger partial charge in [0.25, 0.3) is 0 Å². The van der Waals surface area contributed by atoms with Crippen molar-refractivity contribution >= 4 is 12.1 Å². The summed E-state index contributed by atoms with van der Waals surface area (Å²) in [6.45, 7) is 2.11. The van der Waals surface area contributed by atoms with Crippen molar-refractivity contribution in [3.05, 3.63) is 0 Å². The minimum atomic E-state index is -1.35. The van der Waals surface area contributed by atoms with E-state index < -0.39 is 12.1 Å². The van der Waals surface area contributed by atoms with Gasteiger partial charge in [0.05, 0.1) is 0 Å². The van der Waals surface area contributed by atoms with E-state index in [-0.39, 0.29) is 0 Å². The first kappa shape index (κ1) is 7.74. The fraction of sp³-hybridized carbons (Fsp3) is 0.500. The van der Waals surface area contributed by atoms with Crippen LogP contribution in [-0.4, -0.2) is 23.8 Å². The predicted octanol–water partition coefficient (Wildman–Crippen LogP) is -0.0165. The molecule has 0 rings (SSSR count). The predicted molar refractivity (Wildman–Crippen MR) is 30.2 cm³/mol. The zero-order chi connectivity index (χ0) is 7.28. The molecule has 0 aliphatic rings. The normalized spacial score (nSPS) is 8.11. The summed E-state index contributed by atoms with van der Waals surface area (Å²) in [6, 6.07) is -0.690. The van der Waals surface area contributed by atoms with Gasteiger partial charge in [-0.2, -0.15) is 0 Å². The number of hydrogen-bond acceptors (Lipinski definition) is 2.